The van der Waals surface area contributed by atoms with Crippen LogP contribution < -0.4 is 16.9 Å². The lowest BCUT2D eigenvalue weighted by Gasteiger charge is -2.14. The molecular weight excluding hydrogens is 242 g/mol. The summed E-state index contributed by atoms with van der Waals surface area (Å²) in [5, 5.41) is 11.5. The quantitative estimate of drug-likeness (QED) is 0.536. The molecule has 0 amide bonds. The van der Waals surface area contributed by atoms with Gasteiger partial charge < -0.3 is 5.73 Å². The zero-order valence-electron chi connectivity index (χ0n) is 9.56. The molecular formula is C9H13N5O2S. The largest absolute Gasteiger partial charge is 0.339 e. The SMILES string of the molecule is Cn1[nH]c(=O)c(=O)nc1SCCC(C)(N)C#N. The average Bonchev–Trinajstić information content (AvgIpc) is 2.25. The second kappa shape index (κ2) is 5.16. The van der Waals surface area contributed by atoms with E-state index in [2.05, 4.69) is 10.1 Å². The number of aryl methyl sites for hydroxylation is 1. The maximum absolute atomic E-state index is 11.0. The predicted octanol–water partition coefficient (Wildman–Crippen LogP) is -0.808. The van der Waals surface area contributed by atoms with Crippen molar-refractivity contribution in [3.8, 4) is 6.07 Å². The summed E-state index contributed by atoms with van der Waals surface area (Å²) in [5.41, 5.74) is 3.19. The third-order valence-electron chi connectivity index (χ3n) is 2.06. The number of hydrogen-bond acceptors (Lipinski definition) is 6. The molecule has 0 fully saturated rings. The van der Waals surface area contributed by atoms with Crippen LogP contribution >= 0.6 is 11.8 Å². The number of thioether (sulfide) groups is 1. The average molecular weight is 255 g/mol. The molecule has 8 heteroatoms. The number of nitrogens with one attached hydrogen (secondary N) is 1. The molecule has 1 aromatic heterocycles. The molecule has 0 saturated carbocycles. The smallest absolute Gasteiger partial charge is 0.314 e. The molecule has 0 aromatic carbocycles. The molecule has 1 aromatic rings. The number of nitrogens with zero attached hydrogens (tertiary/aromatic N) is 3. The van der Waals surface area contributed by atoms with E-state index in [0.29, 0.717) is 17.3 Å². The lowest BCUT2D eigenvalue weighted by Crippen LogP contribution is -2.35. The Hall–Kier alpha value is -1.59. The minimum Gasteiger partial charge on any atom is -0.314 e. The van der Waals surface area contributed by atoms with E-state index in [0.717, 1.165) is 0 Å². The Balaban J connectivity index is 2.72. The van der Waals surface area contributed by atoms with Crippen LogP contribution in [0.3, 0.4) is 0 Å². The van der Waals surface area contributed by atoms with Gasteiger partial charge in [0.05, 0.1) is 6.07 Å². The summed E-state index contributed by atoms with van der Waals surface area (Å²) in [6.07, 6.45) is 0.461. The third kappa shape index (κ3) is 3.72. The van der Waals surface area contributed by atoms with Crippen molar-refractivity contribution in [1.82, 2.24) is 14.8 Å². The monoisotopic (exact) mass is 255 g/mol. The first kappa shape index (κ1) is 13.5. The number of aromatic amines is 1. The van der Waals surface area contributed by atoms with Gasteiger partial charge in [-0.3, -0.25) is 19.4 Å². The number of nitrogens with two attached hydrogens (primary N) is 1. The number of hydrogen-bond donors (Lipinski definition) is 2. The minimum absolute atomic E-state index is 0.392. The lowest BCUT2D eigenvalue weighted by atomic mass is 10.0. The second-order valence-corrected chi connectivity index (χ2v) is 4.89. The third-order valence-corrected chi connectivity index (χ3v) is 3.09. The van der Waals surface area contributed by atoms with Crippen LogP contribution in [0.5, 0.6) is 0 Å². The standard InChI is InChI=1S/C9H13N5O2S/c1-9(11,5-10)3-4-17-8-12-6(15)7(16)13-14(8)2/h3-4,11H2,1-2H3,(H,13,16). The first-order valence-electron chi connectivity index (χ1n) is 4.86. The fourth-order valence-corrected chi connectivity index (χ4v) is 2.10. The van der Waals surface area contributed by atoms with Crippen molar-refractivity contribution in [2.75, 3.05) is 5.75 Å². The number of nitriles is 1. The van der Waals surface area contributed by atoms with Crippen molar-refractivity contribution in [3.63, 3.8) is 0 Å². The molecule has 92 valence electrons. The van der Waals surface area contributed by atoms with Crippen LogP contribution in [0.15, 0.2) is 14.7 Å². The molecule has 3 N–H and O–H groups in total. The summed E-state index contributed by atoms with van der Waals surface area (Å²) in [4.78, 5) is 25.6. The van der Waals surface area contributed by atoms with Gasteiger partial charge in [-0.15, -0.1) is 0 Å². The Morgan fingerprint density at radius 2 is 2.29 bits per heavy atom. The van der Waals surface area contributed by atoms with E-state index in [-0.39, 0.29) is 0 Å². The van der Waals surface area contributed by atoms with Crippen LogP contribution in [0.1, 0.15) is 13.3 Å². The summed E-state index contributed by atoms with van der Waals surface area (Å²) < 4.78 is 1.37. The Bertz CT molecular complexity index is 554. The Labute approximate surface area is 102 Å². The van der Waals surface area contributed by atoms with E-state index >= 15 is 0 Å². The topological polar surface area (TPSA) is 118 Å². The first-order chi connectivity index (χ1) is 7.85. The number of aromatic nitrogens is 3. The highest BCUT2D eigenvalue weighted by atomic mass is 32.2. The summed E-state index contributed by atoms with van der Waals surface area (Å²) in [5.74, 6) is 0.535. The van der Waals surface area contributed by atoms with Crippen molar-refractivity contribution in [2.45, 2.75) is 24.0 Å². The van der Waals surface area contributed by atoms with Gasteiger partial charge >= 0.3 is 11.1 Å². The van der Waals surface area contributed by atoms with Crippen molar-refractivity contribution in [1.29, 1.82) is 5.26 Å². The van der Waals surface area contributed by atoms with Gasteiger partial charge in [0.15, 0.2) is 5.16 Å². The van der Waals surface area contributed by atoms with Crippen LogP contribution in [-0.2, 0) is 7.05 Å². The zero-order valence-corrected chi connectivity index (χ0v) is 10.4. The molecule has 1 heterocycles. The summed E-state index contributed by atoms with van der Waals surface area (Å²) in [7, 11) is 1.59. The summed E-state index contributed by atoms with van der Waals surface area (Å²) in [6.45, 7) is 1.63. The van der Waals surface area contributed by atoms with Crippen LogP contribution in [-0.4, -0.2) is 26.1 Å². The second-order valence-electron chi connectivity index (χ2n) is 3.83. The van der Waals surface area contributed by atoms with Gasteiger partial charge in [-0.1, -0.05) is 11.8 Å². The van der Waals surface area contributed by atoms with Gasteiger partial charge in [0.2, 0.25) is 0 Å². The molecule has 0 bridgehead atoms. The summed E-state index contributed by atoms with van der Waals surface area (Å²) in [6, 6.07) is 1.98. The molecule has 1 unspecified atom stereocenters. The lowest BCUT2D eigenvalue weighted by molar-refractivity contribution is 0.576. The summed E-state index contributed by atoms with van der Waals surface area (Å²) >= 11 is 1.26. The Morgan fingerprint density at radius 3 is 2.88 bits per heavy atom. The van der Waals surface area contributed by atoms with Gasteiger partial charge in [0.25, 0.3) is 0 Å². The van der Waals surface area contributed by atoms with E-state index in [9.17, 15) is 9.59 Å². The van der Waals surface area contributed by atoms with Crippen molar-refractivity contribution in [3.05, 3.63) is 20.7 Å². The van der Waals surface area contributed by atoms with Gasteiger partial charge in [-0.05, 0) is 13.3 Å². The van der Waals surface area contributed by atoms with Crippen LogP contribution in [0.4, 0.5) is 0 Å². The van der Waals surface area contributed by atoms with Gasteiger partial charge in [0.1, 0.15) is 5.54 Å². The van der Waals surface area contributed by atoms with E-state index in [1.54, 1.807) is 14.0 Å². The first-order valence-corrected chi connectivity index (χ1v) is 5.84. The van der Waals surface area contributed by atoms with E-state index in [4.69, 9.17) is 11.0 Å². The van der Waals surface area contributed by atoms with Crippen LogP contribution in [0.25, 0.3) is 0 Å². The maximum atomic E-state index is 11.0. The van der Waals surface area contributed by atoms with Crippen LogP contribution in [0, 0.1) is 11.3 Å². The van der Waals surface area contributed by atoms with Crippen molar-refractivity contribution >= 4 is 11.8 Å². The predicted molar refractivity (Wildman–Crippen MR) is 63.6 cm³/mol. The van der Waals surface area contributed by atoms with Gasteiger partial charge in [-0.25, -0.2) is 0 Å². The van der Waals surface area contributed by atoms with E-state index in [1.807, 2.05) is 6.07 Å². The molecule has 0 radical (unpaired) electrons. The molecule has 0 aliphatic heterocycles. The Kier molecular flexibility index (Phi) is 4.09. The number of H-pyrrole nitrogens is 1. The number of rotatable bonds is 4. The zero-order chi connectivity index (χ0) is 13.1. The highest BCUT2D eigenvalue weighted by Gasteiger charge is 2.17. The van der Waals surface area contributed by atoms with Gasteiger partial charge in [-0.2, -0.15) is 10.2 Å². The fraction of sp³-hybridized carbons (Fsp3) is 0.556. The molecule has 0 saturated heterocycles. The van der Waals surface area contributed by atoms with Crippen molar-refractivity contribution in [2.24, 2.45) is 12.8 Å². The van der Waals surface area contributed by atoms with Crippen LogP contribution in [0.2, 0.25) is 0 Å². The highest BCUT2D eigenvalue weighted by Crippen LogP contribution is 2.16. The highest BCUT2D eigenvalue weighted by molar-refractivity contribution is 7.99. The fourth-order valence-electron chi connectivity index (χ4n) is 1.000. The molecule has 0 spiro atoms. The van der Waals surface area contributed by atoms with E-state index < -0.39 is 16.7 Å². The van der Waals surface area contributed by atoms with E-state index in [1.165, 1.54) is 16.4 Å². The molecule has 0 aliphatic rings. The molecule has 1 atom stereocenters. The maximum Gasteiger partial charge on any atom is 0.339 e. The van der Waals surface area contributed by atoms with Gasteiger partial charge in [0, 0.05) is 12.8 Å². The molecule has 1 rings (SSSR count). The Morgan fingerprint density at radius 1 is 1.65 bits per heavy atom. The normalized spacial score (nSPS) is 14.0. The minimum atomic E-state index is -0.895. The molecule has 0 aliphatic carbocycles. The molecule has 7 nitrogen and oxygen atoms in total. The van der Waals surface area contributed by atoms with Crippen molar-refractivity contribution < 1.29 is 0 Å². The molecule has 17 heavy (non-hydrogen) atoms.